The summed E-state index contributed by atoms with van der Waals surface area (Å²) >= 11 is 0. The van der Waals surface area contributed by atoms with E-state index in [9.17, 15) is 4.79 Å². The summed E-state index contributed by atoms with van der Waals surface area (Å²) in [4.78, 5) is 16.0. The van der Waals surface area contributed by atoms with E-state index in [4.69, 9.17) is 38.7 Å². The number of ether oxygens (including phenoxy) is 7. The minimum atomic E-state index is -1.20. The highest BCUT2D eigenvalue weighted by Crippen LogP contribution is 2.08. The summed E-state index contributed by atoms with van der Waals surface area (Å²) in [5, 5.41) is 3.36. The minimum Gasteiger partial charge on any atom is -0.450 e. The monoisotopic (exact) mass is 508 g/mol. The summed E-state index contributed by atoms with van der Waals surface area (Å²) in [6, 6.07) is 0.964. The van der Waals surface area contributed by atoms with E-state index in [1.807, 2.05) is 0 Å². The molecule has 0 aliphatic heterocycles. The zero-order chi connectivity index (χ0) is 25.3. The molecule has 0 bridgehead atoms. The lowest BCUT2D eigenvalue weighted by Gasteiger charge is -2.19. The van der Waals surface area contributed by atoms with Crippen molar-refractivity contribution in [3.05, 3.63) is 10.4 Å². The van der Waals surface area contributed by atoms with Crippen LogP contribution in [0.1, 0.15) is 0 Å². The molecule has 13 heteroatoms. The molecule has 0 aromatic carbocycles. The van der Waals surface area contributed by atoms with Crippen LogP contribution in [0.5, 0.6) is 0 Å². The predicted octanol–water partition coefficient (Wildman–Crippen LogP) is 2.80. The van der Waals surface area contributed by atoms with Gasteiger partial charge in [0.2, 0.25) is 0 Å². The standard InChI is InChI=1S/C21H44N4O8Si/c1-25(21(26)33-19-20-34(2,3)4)6-8-28-10-12-30-14-16-32-18-17-31-15-13-29-11-9-27-7-5-23-24-22/h5-20H2,1-4H3. The van der Waals surface area contributed by atoms with Crippen molar-refractivity contribution in [1.82, 2.24) is 4.90 Å². The lowest BCUT2D eigenvalue weighted by atomic mass is 10.6. The molecule has 0 aliphatic carbocycles. The molecule has 0 saturated heterocycles. The van der Waals surface area contributed by atoms with Gasteiger partial charge in [-0.05, 0) is 11.6 Å². The zero-order valence-corrected chi connectivity index (χ0v) is 22.4. The van der Waals surface area contributed by atoms with Crippen molar-refractivity contribution >= 4 is 14.2 Å². The van der Waals surface area contributed by atoms with Gasteiger partial charge in [-0.2, -0.15) is 0 Å². The molecule has 0 aliphatic rings. The molecule has 0 fully saturated rings. The first-order valence-corrected chi connectivity index (χ1v) is 15.4. The van der Waals surface area contributed by atoms with E-state index in [1.165, 1.54) is 4.90 Å². The normalized spacial score (nSPS) is 11.3. The van der Waals surface area contributed by atoms with Crippen LogP contribution in [0.4, 0.5) is 4.79 Å². The summed E-state index contributed by atoms with van der Waals surface area (Å²) in [6.45, 7) is 13.6. The van der Waals surface area contributed by atoms with Crippen LogP contribution in [0.3, 0.4) is 0 Å². The summed E-state index contributed by atoms with van der Waals surface area (Å²) in [5.41, 5.74) is 8.11. The number of amides is 1. The Morgan fingerprint density at radius 1 is 0.735 bits per heavy atom. The first kappa shape index (κ1) is 32.6. The molecule has 0 N–H and O–H groups in total. The fourth-order valence-corrected chi connectivity index (χ4v) is 2.91. The molecule has 0 unspecified atom stereocenters. The van der Waals surface area contributed by atoms with Crippen LogP contribution in [0.25, 0.3) is 10.4 Å². The number of hydrogen-bond donors (Lipinski definition) is 0. The second kappa shape index (κ2) is 23.3. The van der Waals surface area contributed by atoms with E-state index < -0.39 is 8.07 Å². The Labute approximate surface area is 204 Å². The predicted molar refractivity (Wildman–Crippen MR) is 131 cm³/mol. The van der Waals surface area contributed by atoms with Gasteiger partial charge >= 0.3 is 6.09 Å². The SMILES string of the molecule is CN(CCOCCOCCOCCOCCOCCOCCN=[N+]=[N-])C(=O)OCC[Si](C)(C)C. The smallest absolute Gasteiger partial charge is 0.409 e. The quantitative estimate of drug-likeness (QED) is 0.0639. The molecule has 0 radical (unpaired) electrons. The van der Waals surface area contributed by atoms with Crippen LogP contribution < -0.4 is 0 Å². The van der Waals surface area contributed by atoms with Crippen LogP contribution in [-0.2, 0) is 33.2 Å². The van der Waals surface area contributed by atoms with Gasteiger partial charge in [0.25, 0.3) is 0 Å². The van der Waals surface area contributed by atoms with Gasteiger partial charge in [-0.3, -0.25) is 0 Å². The van der Waals surface area contributed by atoms with Crippen LogP contribution >= 0.6 is 0 Å². The van der Waals surface area contributed by atoms with Crippen LogP contribution in [-0.4, -0.2) is 125 Å². The highest BCUT2D eigenvalue weighted by atomic mass is 28.3. The maximum atomic E-state index is 11.9. The molecular weight excluding hydrogens is 464 g/mol. The molecule has 1 amide bonds. The zero-order valence-electron chi connectivity index (χ0n) is 21.4. The third-order valence-corrected chi connectivity index (χ3v) is 5.92. The van der Waals surface area contributed by atoms with Crippen molar-refractivity contribution in [1.29, 1.82) is 0 Å². The van der Waals surface area contributed by atoms with Crippen LogP contribution in [0, 0.1) is 0 Å². The number of carbonyl (C=O) groups excluding carboxylic acids is 1. The Bertz CT molecular complexity index is 533. The molecule has 0 rings (SSSR count). The van der Waals surface area contributed by atoms with Gasteiger partial charge in [-0.1, -0.05) is 24.8 Å². The topological polar surface area (TPSA) is 134 Å². The second-order valence-corrected chi connectivity index (χ2v) is 14.1. The van der Waals surface area contributed by atoms with Gasteiger partial charge in [0, 0.05) is 33.1 Å². The minimum absolute atomic E-state index is 0.309. The molecule has 0 spiro atoms. The summed E-state index contributed by atoms with van der Waals surface area (Å²) in [6.07, 6.45) is -0.309. The van der Waals surface area contributed by atoms with Crippen LogP contribution in [0.15, 0.2) is 5.11 Å². The maximum Gasteiger partial charge on any atom is 0.409 e. The van der Waals surface area contributed by atoms with Gasteiger partial charge < -0.3 is 38.1 Å². The molecule has 200 valence electrons. The molecule has 34 heavy (non-hydrogen) atoms. The van der Waals surface area contributed by atoms with E-state index >= 15 is 0 Å². The number of likely N-dealkylation sites (N-methyl/N-ethyl adjacent to an activating group) is 1. The van der Waals surface area contributed by atoms with Gasteiger partial charge in [-0.25, -0.2) is 4.79 Å². The first-order chi connectivity index (χ1) is 16.4. The van der Waals surface area contributed by atoms with Crippen molar-refractivity contribution in [2.24, 2.45) is 5.11 Å². The maximum absolute atomic E-state index is 11.9. The molecule has 0 aromatic rings. The third kappa shape index (κ3) is 25.2. The Morgan fingerprint density at radius 3 is 1.56 bits per heavy atom. The largest absolute Gasteiger partial charge is 0.450 e. The van der Waals surface area contributed by atoms with Gasteiger partial charge in [0.05, 0.1) is 85.9 Å². The Morgan fingerprint density at radius 2 is 1.15 bits per heavy atom. The van der Waals surface area contributed by atoms with Crippen molar-refractivity contribution < 1.29 is 38.0 Å². The van der Waals surface area contributed by atoms with E-state index in [2.05, 4.69) is 29.7 Å². The number of rotatable bonds is 24. The van der Waals surface area contributed by atoms with Gasteiger partial charge in [-0.15, -0.1) is 0 Å². The fourth-order valence-electron chi connectivity index (χ4n) is 2.20. The number of nitrogens with zero attached hydrogens (tertiary/aromatic N) is 4. The molecule has 0 saturated carbocycles. The average Bonchev–Trinajstić information content (AvgIpc) is 2.79. The second-order valence-electron chi connectivity index (χ2n) is 8.48. The lowest BCUT2D eigenvalue weighted by molar-refractivity contribution is -0.0169. The first-order valence-electron chi connectivity index (χ1n) is 11.7. The summed E-state index contributed by atoms with van der Waals surface area (Å²) in [5.74, 6) is 0. The number of carbonyl (C=O) groups is 1. The molecule has 0 heterocycles. The number of hydrogen-bond acceptors (Lipinski definition) is 9. The van der Waals surface area contributed by atoms with Crippen molar-refractivity contribution in [3.8, 4) is 0 Å². The fraction of sp³-hybridized carbons (Fsp3) is 0.952. The molecular formula is C21H44N4O8Si. The third-order valence-electron chi connectivity index (χ3n) is 4.22. The Kier molecular flexibility index (Phi) is 22.3. The average molecular weight is 509 g/mol. The Hall–Kier alpha value is -1.44. The number of azide groups is 1. The van der Waals surface area contributed by atoms with Crippen molar-refractivity contribution in [3.63, 3.8) is 0 Å². The highest BCUT2D eigenvalue weighted by molar-refractivity contribution is 6.76. The van der Waals surface area contributed by atoms with Crippen molar-refractivity contribution in [2.45, 2.75) is 25.7 Å². The summed E-state index contributed by atoms with van der Waals surface area (Å²) < 4.78 is 37.6. The van der Waals surface area contributed by atoms with Gasteiger partial charge in [0.15, 0.2) is 0 Å². The molecule has 12 nitrogen and oxygen atoms in total. The lowest BCUT2D eigenvalue weighted by Crippen LogP contribution is -2.32. The van der Waals surface area contributed by atoms with Crippen LogP contribution in [0.2, 0.25) is 25.7 Å². The van der Waals surface area contributed by atoms with E-state index in [0.717, 1.165) is 6.04 Å². The summed E-state index contributed by atoms with van der Waals surface area (Å²) in [7, 11) is 0.511. The van der Waals surface area contributed by atoms with E-state index in [0.29, 0.717) is 99.0 Å². The van der Waals surface area contributed by atoms with E-state index in [1.54, 1.807) is 7.05 Å². The molecule has 0 atom stereocenters. The van der Waals surface area contributed by atoms with Crippen molar-refractivity contribution in [2.75, 3.05) is 106 Å². The molecule has 0 aromatic heterocycles. The Balaban J connectivity index is 3.25. The van der Waals surface area contributed by atoms with E-state index in [-0.39, 0.29) is 6.09 Å². The van der Waals surface area contributed by atoms with Gasteiger partial charge in [0.1, 0.15) is 0 Å². The highest BCUT2D eigenvalue weighted by Gasteiger charge is 2.15.